The molecule has 0 radical (unpaired) electrons. The van der Waals surface area contributed by atoms with Crippen LogP contribution in [-0.4, -0.2) is 42.9 Å². The molecule has 0 aromatic heterocycles. The standard InChI is InChI=1S/C14H22N2O5/c1-10(2)7-15-8-11(17)9-21-14-5-4-12(20-3)6-13(14)16(18)19/h4-6,10-11,15,17H,7-9H2,1-3H3. The first-order chi connectivity index (χ1) is 9.93. The minimum absolute atomic E-state index is 0.0156. The van der Waals surface area contributed by atoms with Crippen LogP contribution in [-0.2, 0) is 0 Å². The second-order valence-electron chi connectivity index (χ2n) is 5.11. The molecule has 0 fully saturated rings. The lowest BCUT2D eigenvalue weighted by Gasteiger charge is -2.14. The number of ether oxygens (including phenoxy) is 2. The van der Waals surface area contributed by atoms with Gasteiger partial charge in [-0.3, -0.25) is 10.1 Å². The molecule has 21 heavy (non-hydrogen) atoms. The summed E-state index contributed by atoms with van der Waals surface area (Å²) in [5, 5.41) is 23.8. The van der Waals surface area contributed by atoms with Gasteiger partial charge in [-0.2, -0.15) is 0 Å². The molecule has 0 bridgehead atoms. The molecule has 0 heterocycles. The van der Waals surface area contributed by atoms with E-state index in [1.165, 1.54) is 19.2 Å². The van der Waals surface area contributed by atoms with Crippen molar-refractivity contribution in [2.24, 2.45) is 5.92 Å². The number of rotatable bonds is 9. The van der Waals surface area contributed by atoms with Crippen molar-refractivity contribution in [1.82, 2.24) is 5.32 Å². The van der Waals surface area contributed by atoms with Crippen LogP contribution >= 0.6 is 0 Å². The summed E-state index contributed by atoms with van der Waals surface area (Å²) >= 11 is 0. The summed E-state index contributed by atoms with van der Waals surface area (Å²) in [7, 11) is 1.43. The lowest BCUT2D eigenvalue weighted by atomic mass is 10.2. The van der Waals surface area contributed by atoms with Crippen LogP contribution in [0.1, 0.15) is 13.8 Å². The fourth-order valence-electron chi connectivity index (χ4n) is 1.67. The molecule has 1 aromatic carbocycles. The summed E-state index contributed by atoms with van der Waals surface area (Å²) < 4.78 is 10.3. The second-order valence-corrected chi connectivity index (χ2v) is 5.11. The third kappa shape index (κ3) is 5.97. The lowest BCUT2D eigenvalue weighted by Crippen LogP contribution is -2.33. The highest BCUT2D eigenvalue weighted by molar-refractivity contribution is 5.50. The molecule has 1 unspecified atom stereocenters. The smallest absolute Gasteiger partial charge is 0.314 e. The number of aliphatic hydroxyl groups is 1. The van der Waals surface area contributed by atoms with Crippen LogP contribution in [0, 0.1) is 16.0 Å². The number of aliphatic hydroxyl groups excluding tert-OH is 1. The highest BCUT2D eigenvalue weighted by Gasteiger charge is 2.17. The van der Waals surface area contributed by atoms with E-state index < -0.39 is 11.0 Å². The largest absolute Gasteiger partial charge is 0.496 e. The average molecular weight is 298 g/mol. The van der Waals surface area contributed by atoms with Crippen molar-refractivity contribution in [2.75, 3.05) is 26.8 Å². The Balaban J connectivity index is 2.56. The van der Waals surface area contributed by atoms with E-state index in [2.05, 4.69) is 19.2 Å². The minimum Gasteiger partial charge on any atom is -0.496 e. The Morgan fingerprint density at radius 3 is 2.67 bits per heavy atom. The zero-order valence-electron chi connectivity index (χ0n) is 12.5. The van der Waals surface area contributed by atoms with Gasteiger partial charge in [-0.25, -0.2) is 0 Å². The number of nitro benzene ring substituents is 1. The monoisotopic (exact) mass is 298 g/mol. The molecule has 2 N–H and O–H groups in total. The average Bonchev–Trinajstić information content (AvgIpc) is 2.44. The zero-order chi connectivity index (χ0) is 15.8. The maximum atomic E-state index is 11.0. The number of hydrogen-bond donors (Lipinski definition) is 2. The van der Waals surface area contributed by atoms with Crippen molar-refractivity contribution in [1.29, 1.82) is 0 Å². The maximum Gasteiger partial charge on any atom is 0.314 e. The first kappa shape index (κ1) is 17.2. The van der Waals surface area contributed by atoms with Crippen LogP contribution in [0.4, 0.5) is 5.69 Å². The van der Waals surface area contributed by atoms with Crippen LogP contribution in [0.15, 0.2) is 18.2 Å². The molecular formula is C14H22N2O5. The quantitative estimate of drug-likeness (QED) is 0.531. The molecule has 118 valence electrons. The van der Waals surface area contributed by atoms with E-state index in [1.54, 1.807) is 6.07 Å². The Morgan fingerprint density at radius 1 is 1.38 bits per heavy atom. The molecule has 0 aliphatic carbocycles. The Bertz CT molecular complexity index is 465. The summed E-state index contributed by atoms with van der Waals surface area (Å²) in [6, 6.07) is 4.33. The maximum absolute atomic E-state index is 11.0. The van der Waals surface area contributed by atoms with Gasteiger partial charge in [0.1, 0.15) is 18.5 Å². The van der Waals surface area contributed by atoms with Crippen LogP contribution in [0.5, 0.6) is 11.5 Å². The van der Waals surface area contributed by atoms with Gasteiger partial charge >= 0.3 is 5.69 Å². The van der Waals surface area contributed by atoms with E-state index in [-0.39, 0.29) is 18.0 Å². The van der Waals surface area contributed by atoms with Gasteiger partial charge < -0.3 is 19.9 Å². The summed E-state index contributed by atoms with van der Waals surface area (Å²) in [6.45, 7) is 5.29. The molecule has 1 aromatic rings. The Labute approximate surface area is 124 Å². The van der Waals surface area contributed by atoms with Crippen molar-refractivity contribution >= 4 is 5.69 Å². The molecule has 7 nitrogen and oxygen atoms in total. The van der Waals surface area contributed by atoms with Gasteiger partial charge in [0.25, 0.3) is 0 Å². The Morgan fingerprint density at radius 2 is 2.10 bits per heavy atom. The third-order valence-electron chi connectivity index (χ3n) is 2.73. The Hall–Kier alpha value is -1.86. The number of nitro groups is 1. The summed E-state index contributed by atoms with van der Waals surface area (Å²) in [6.07, 6.45) is -0.731. The van der Waals surface area contributed by atoms with E-state index in [0.717, 1.165) is 6.54 Å². The van der Waals surface area contributed by atoms with E-state index in [9.17, 15) is 15.2 Å². The van der Waals surface area contributed by atoms with Gasteiger partial charge in [0.05, 0.1) is 18.1 Å². The summed E-state index contributed by atoms with van der Waals surface area (Å²) in [5.74, 6) is 0.984. The summed E-state index contributed by atoms with van der Waals surface area (Å²) in [5.41, 5.74) is -0.184. The molecule has 0 saturated carbocycles. The molecule has 1 rings (SSSR count). The fraction of sp³-hybridized carbons (Fsp3) is 0.571. The molecule has 7 heteroatoms. The molecule has 1 atom stereocenters. The van der Waals surface area contributed by atoms with Crippen LogP contribution in [0.2, 0.25) is 0 Å². The van der Waals surface area contributed by atoms with Gasteiger partial charge in [0.15, 0.2) is 5.75 Å². The highest BCUT2D eigenvalue weighted by atomic mass is 16.6. The molecule has 0 spiro atoms. The molecular weight excluding hydrogens is 276 g/mol. The van der Waals surface area contributed by atoms with Gasteiger partial charge in [-0.1, -0.05) is 13.8 Å². The molecule has 0 aliphatic rings. The van der Waals surface area contributed by atoms with E-state index in [4.69, 9.17) is 9.47 Å². The molecule has 0 amide bonds. The topological polar surface area (TPSA) is 93.9 Å². The number of hydrogen-bond acceptors (Lipinski definition) is 6. The van der Waals surface area contributed by atoms with E-state index >= 15 is 0 Å². The number of benzene rings is 1. The zero-order valence-corrected chi connectivity index (χ0v) is 12.5. The SMILES string of the molecule is COc1ccc(OCC(O)CNCC(C)C)c([N+](=O)[O-])c1. The highest BCUT2D eigenvalue weighted by Crippen LogP contribution is 2.30. The Kier molecular flexibility index (Phi) is 6.90. The second kappa shape index (κ2) is 8.43. The fourth-order valence-corrected chi connectivity index (χ4v) is 1.67. The van der Waals surface area contributed by atoms with Gasteiger partial charge in [-0.05, 0) is 24.6 Å². The van der Waals surface area contributed by atoms with Crippen molar-refractivity contribution in [3.8, 4) is 11.5 Å². The normalized spacial score (nSPS) is 12.2. The van der Waals surface area contributed by atoms with Crippen LogP contribution in [0.25, 0.3) is 0 Å². The number of nitrogens with one attached hydrogen (secondary N) is 1. The molecule has 0 aliphatic heterocycles. The van der Waals surface area contributed by atoms with Gasteiger partial charge in [0.2, 0.25) is 0 Å². The molecule has 0 saturated heterocycles. The van der Waals surface area contributed by atoms with Gasteiger partial charge in [-0.15, -0.1) is 0 Å². The van der Waals surface area contributed by atoms with Gasteiger partial charge in [0, 0.05) is 6.54 Å². The van der Waals surface area contributed by atoms with E-state index in [0.29, 0.717) is 18.2 Å². The van der Waals surface area contributed by atoms with Crippen molar-refractivity contribution < 1.29 is 19.5 Å². The summed E-state index contributed by atoms with van der Waals surface area (Å²) in [4.78, 5) is 10.4. The van der Waals surface area contributed by atoms with Crippen LogP contribution < -0.4 is 14.8 Å². The van der Waals surface area contributed by atoms with Crippen LogP contribution in [0.3, 0.4) is 0 Å². The third-order valence-corrected chi connectivity index (χ3v) is 2.73. The van der Waals surface area contributed by atoms with Crippen molar-refractivity contribution in [2.45, 2.75) is 20.0 Å². The van der Waals surface area contributed by atoms with Crippen molar-refractivity contribution in [3.05, 3.63) is 28.3 Å². The first-order valence-corrected chi connectivity index (χ1v) is 6.78. The number of nitrogens with zero attached hydrogens (tertiary/aromatic N) is 1. The van der Waals surface area contributed by atoms with Crippen molar-refractivity contribution in [3.63, 3.8) is 0 Å². The van der Waals surface area contributed by atoms with E-state index in [1.807, 2.05) is 0 Å². The first-order valence-electron chi connectivity index (χ1n) is 6.78. The lowest BCUT2D eigenvalue weighted by molar-refractivity contribution is -0.386. The predicted molar refractivity (Wildman–Crippen MR) is 78.9 cm³/mol. The minimum atomic E-state index is -0.731. The number of methoxy groups -OCH3 is 1. The predicted octanol–water partition coefficient (Wildman–Crippen LogP) is 1.59.